The van der Waals surface area contributed by atoms with E-state index >= 15 is 0 Å². The van der Waals surface area contributed by atoms with Crippen molar-refractivity contribution in [1.82, 2.24) is 35.9 Å². The molecule has 58 heavy (non-hydrogen) atoms. The molecular weight excluding hydrogens is 753 g/mol. The van der Waals surface area contributed by atoms with Crippen LogP contribution in [0.5, 0.6) is 0 Å². The number of hydrogen-bond acceptors (Lipinski definition) is 9. The molecule has 14 nitrogen and oxygen atoms in total. The number of nitrogens with zero attached hydrogens (tertiary/aromatic N) is 6. The van der Waals surface area contributed by atoms with Gasteiger partial charge in [-0.05, 0) is 75.4 Å². The number of carbonyl (C=O) groups excluding carboxylic acids is 4. The van der Waals surface area contributed by atoms with Gasteiger partial charge in [-0.1, -0.05) is 54.3 Å². The summed E-state index contributed by atoms with van der Waals surface area (Å²) in [6, 6.07) is 20.0. The Morgan fingerprint density at radius 1 is 0.931 bits per heavy atom. The molecule has 6 heterocycles. The first-order chi connectivity index (χ1) is 28.3. The van der Waals surface area contributed by atoms with Crippen molar-refractivity contribution in [2.75, 3.05) is 34.0 Å². The standard InChI is InChI=1S/C43H52N10O4S/c1-28-10-8-11-29(22-28)35-18-19-37-41(46-35)53(33-20-21-51(37)26-33)43(57)45-30-12-9-13-32(23-30)52-25-31(49-50-52)24-44-39(55)17-5-3-2-4-14-34(54)15-6-7-16-38-40-36(27-58-38)47-42(56)48-40/h8-13,18-19,22-23,25,33,36,38,40H,2-7,14-17,20-21,24,26-27H2,1H3,(H,44,55)(H,45,57)(H2,47,48,56)/t33-,36-,38-,40-/m0/s1. The molecule has 3 saturated heterocycles. The zero-order chi connectivity index (χ0) is 40.0. The molecule has 0 unspecified atom stereocenters. The monoisotopic (exact) mass is 804 g/mol. The number of carbonyl (C=O) groups is 4. The number of pyridine rings is 1. The Labute approximate surface area is 343 Å². The number of amides is 5. The largest absolute Gasteiger partial charge is 0.366 e. The number of anilines is 3. The number of urea groups is 2. The van der Waals surface area contributed by atoms with E-state index in [9.17, 15) is 19.2 Å². The van der Waals surface area contributed by atoms with Crippen molar-refractivity contribution in [1.29, 1.82) is 0 Å². The number of ketones is 1. The smallest absolute Gasteiger partial charge is 0.327 e. The number of nitrogens with one attached hydrogen (secondary N) is 4. The molecule has 3 fully saturated rings. The number of fused-ring (bicyclic) bond motifs is 5. The molecule has 4 atom stereocenters. The summed E-state index contributed by atoms with van der Waals surface area (Å²) in [6.07, 6.45) is 10.7. The van der Waals surface area contributed by atoms with Gasteiger partial charge in [0, 0.05) is 54.6 Å². The van der Waals surface area contributed by atoms with Crippen molar-refractivity contribution < 1.29 is 19.2 Å². The number of thioether (sulfide) groups is 1. The number of Topliss-reactive ketones (excluding diaryl/α,β-unsaturated/α-hetero) is 1. The summed E-state index contributed by atoms with van der Waals surface area (Å²) in [6.45, 7) is 3.98. The molecule has 4 aromatic rings. The summed E-state index contributed by atoms with van der Waals surface area (Å²) >= 11 is 1.91. The van der Waals surface area contributed by atoms with Gasteiger partial charge < -0.3 is 26.2 Å². The third-order valence-electron chi connectivity index (χ3n) is 11.6. The molecule has 2 aromatic heterocycles. The van der Waals surface area contributed by atoms with Gasteiger partial charge in [-0.25, -0.2) is 19.3 Å². The highest BCUT2D eigenvalue weighted by atomic mass is 32.2. The Morgan fingerprint density at radius 2 is 1.76 bits per heavy atom. The second-order valence-electron chi connectivity index (χ2n) is 15.9. The number of hydrogen-bond donors (Lipinski definition) is 4. The topological polar surface area (TPSA) is 166 Å². The van der Waals surface area contributed by atoms with E-state index in [-0.39, 0.29) is 42.6 Å². The first-order valence-electron chi connectivity index (χ1n) is 20.7. The lowest BCUT2D eigenvalue weighted by atomic mass is 10.0. The fourth-order valence-electron chi connectivity index (χ4n) is 8.53. The van der Waals surface area contributed by atoms with Crippen molar-refractivity contribution in [3.05, 3.63) is 78.1 Å². The van der Waals surface area contributed by atoms with Crippen LogP contribution in [0.1, 0.15) is 81.9 Å². The van der Waals surface area contributed by atoms with Crippen LogP contribution < -0.4 is 31.1 Å². The van der Waals surface area contributed by atoms with Crippen LogP contribution in [-0.4, -0.2) is 85.9 Å². The molecule has 5 amide bonds. The molecule has 0 aliphatic carbocycles. The van der Waals surface area contributed by atoms with Crippen molar-refractivity contribution >= 4 is 52.7 Å². The Morgan fingerprint density at radius 3 is 2.62 bits per heavy atom. The lowest BCUT2D eigenvalue weighted by Gasteiger charge is -2.36. The Kier molecular flexibility index (Phi) is 12.2. The average molecular weight is 805 g/mol. The maximum Gasteiger partial charge on any atom is 0.327 e. The molecule has 2 aromatic carbocycles. The molecule has 0 spiro atoms. The summed E-state index contributed by atoms with van der Waals surface area (Å²) in [5.41, 5.74) is 5.95. The molecule has 0 radical (unpaired) electrons. The van der Waals surface area contributed by atoms with Crippen molar-refractivity contribution in [3.63, 3.8) is 0 Å². The van der Waals surface area contributed by atoms with E-state index in [0.29, 0.717) is 47.5 Å². The second kappa shape index (κ2) is 18.0. The summed E-state index contributed by atoms with van der Waals surface area (Å²) in [4.78, 5) is 59.6. The number of rotatable bonds is 17. The van der Waals surface area contributed by atoms with Gasteiger partial charge in [-0.15, -0.1) is 5.10 Å². The summed E-state index contributed by atoms with van der Waals surface area (Å²) in [7, 11) is 0. The highest BCUT2D eigenvalue weighted by molar-refractivity contribution is 8.00. The third kappa shape index (κ3) is 9.30. The minimum Gasteiger partial charge on any atom is -0.366 e. The van der Waals surface area contributed by atoms with Gasteiger partial charge >= 0.3 is 12.1 Å². The Hall–Kier alpha value is -5.44. The minimum absolute atomic E-state index is 0.0267. The molecular formula is C43H52N10O4S. The van der Waals surface area contributed by atoms with Gasteiger partial charge in [0.05, 0.1) is 47.9 Å². The van der Waals surface area contributed by atoms with Crippen molar-refractivity contribution in [2.45, 2.75) is 107 Å². The summed E-state index contributed by atoms with van der Waals surface area (Å²) in [5, 5.41) is 21.0. The highest BCUT2D eigenvalue weighted by Crippen LogP contribution is 2.40. The predicted octanol–water partition coefficient (Wildman–Crippen LogP) is 6.52. The first-order valence-corrected chi connectivity index (χ1v) is 21.7. The van der Waals surface area contributed by atoms with Gasteiger partial charge in [-0.2, -0.15) is 11.8 Å². The summed E-state index contributed by atoms with van der Waals surface area (Å²) < 4.78 is 1.64. The lowest BCUT2D eigenvalue weighted by Crippen LogP contribution is -2.48. The molecule has 2 bridgehead atoms. The van der Waals surface area contributed by atoms with E-state index in [1.165, 1.54) is 0 Å². The van der Waals surface area contributed by atoms with Gasteiger partial charge in [-0.3, -0.25) is 14.5 Å². The predicted molar refractivity (Wildman–Crippen MR) is 226 cm³/mol. The maximum atomic E-state index is 13.9. The fourth-order valence-corrected chi connectivity index (χ4v) is 10.1. The van der Waals surface area contributed by atoms with E-state index in [2.05, 4.69) is 61.6 Å². The molecule has 4 aliphatic rings. The van der Waals surface area contributed by atoms with Crippen LogP contribution in [0.15, 0.2) is 66.9 Å². The zero-order valence-electron chi connectivity index (χ0n) is 33.0. The SMILES string of the molecule is Cc1cccc(-c2ccc3c(n2)N(C(=O)Nc2cccc(-n4cc(CNC(=O)CCCCCCC(=O)CCCC[C@@H]5SC[C@@H]6NC(=O)N[C@@H]65)nn4)c2)[C@H]2CCN3C2)c1. The molecule has 8 rings (SSSR count). The first kappa shape index (κ1) is 39.4. The van der Waals surface area contributed by atoms with Crippen LogP contribution in [0, 0.1) is 6.92 Å². The molecule has 4 N–H and O–H groups in total. The van der Waals surface area contributed by atoms with E-state index in [4.69, 9.17) is 4.98 Å². The number of unbranched alkanes of at least 4 members (excludes halogenated alkanes) is 4. The normalized spacial score (nSPS) is 20.3. The van der Waals surface area contributed by atoms with Crippen LogP contribution in [0.3, 0.4) is 0 Å². The van der Waals surface area contributed by atoms with Crippen molar-refractivity contribution in [2.24, 2.45) is 0 Å². The fraction of sp³-hybridized carbons (Fsp3) is 0.465. The van der Waals surface area contributed by atoms with Crippen LogP contribution in [0.2, 0.25) is 0 Å². The van der Waals surface area contributed by atoms with Gasteiger partial charge in [0.2, 0.25) is 5.91 Å². The van der Waals surface area contributed by atoms with Gasteiger partial charge in [0.1, 0.15) is 11.5 Å². The van der Waals surface area contributed by atoms with E-state index in [1.807, 2.05) is 59.1 Å². The van der Waals surface area contributed by atoms with Gasteiger partial charge in [0.25, 0.3) is 0 Å². The van der Waals surface area contributed by atoms with E-state index < -0.39 is 0 Å². The van der Waals surface area contributed by atoms with Crippen LogP contribution in [0.4, 0.5) is 26.8 Å². The Bertz CT molecular complexity index is 2140. The molecule has 4 aliphatic heterocycles. The number of aryl methyl sites for hydroxylation is 1. The van der Waals surface area contributed by atoms with E-state index in [0.717, 1.165) is 98.4 Å². The van der Waals surface area contributed by atoms with E-state index in [1.54, 1.807) is 10.9 Å². The van der Waals surface area contributed by atoms with Crippen molar-refractivity contribution in [3.8, 4) is 16.9 Å². The zero-order valence-corrected chi connectivity index (χ0v) is 33.8. The molecule has 0 saturated carbocycles. The van der Waals surface area contributed by atoms with Crippen LogP contribution in [0.25, 0.3) is 16.9 Å². The quantitative estimate of drug-likeness (QED) is 0.0687. The molecule has 15 heteroatoms. The minimum atomic E-state index is -0.228. The molecule has 304 valence electrons. The average Bonchev–Trinajstić information content (AvgIpc) is 4.03. The maximum absolute atomic E-state index is 13.9. The Balaban J connectivity index is 0.746. The summed E-state index contributed by atoms with van der Waals surface area (Å²) in [5.74, 6) is 1.91. The van der Waals surface area contributed by atoms with Crippen LogP contribution in [-0.2, 0) is 16.1 Å². The second-order valence-corrected chi connectivity index (χ2v) is 17.2. The number of benzene rings is 2. The third-order valence-corrected chi connectivity index (χ3v) is 13.1. The van der Waals surface area contributed by atoms with Gasteiger partial charge in [0.15, 0.2) is 5.82 Å². The van der Waals surface area contributed by atoms with Crippen LogP contribution >= 0.6 is 11.8 Å². The highest BCUT2D eigenvalue weighted by Gasteiger charge is 2.43. The number of aromatic nitrogens is 4. The lowest BCUT2D eigenvalue weighted by molar-refractivity contribution is -0.121.